The molecule has 0 spiro atoms. The predicted molar refractivity (Wildman–Crippen MR) is 22.1 cm³/mol. The van der Waals surface area contributed by atoms with Gasteiger partial charge in [-0.25, -0.2) is 4.57 Å². The van der Waals surface area contributed by atoms with E-state index in [0.717, 1.165) is 0 Å². The van der Waals surface area contributed by atoms with Gasteiger partial charge in [0, 0.05) is 0 Å². The molecule has 0 rings (SSSR count). The second-order valence-corrected chi connectivity index (χ2v) is 1.54. The first-order valence-corrected chi connectivity index (χ1v) is 4.28. The topological polar surface area (TPSA) is 94.8 Å². The van der Waals surface area contributed by atoms with E-state index in [9.17, 15) is 0 Å². The molecule has 0 radical (unpaired) electrons. The van der Waals surface area contributed by atoms with E-state index in [1.54, 1.807) is 0 Å². The van der Waals surface area contributed by atoms with Crippen molar-refractivity contribution in [2.45, 2.75) is 0 Å². The molecule has 0 amide bonds. The molecule has 0 fully saturated rings. The summed E-state index contributed by atoms with van der Waals surface area (Å²) in [5, 5.41) is 0. The average molecular weight is 230 g/mol. The third-order valence-corrected chi connectivity index (χ3v) is 0. The van der Waals surface area contributed by atoms with E-state index >= 15 is 0 Å². The predicted octanol–water partition coefficient (Wildman–Crippen LogP) is -1.70. The van der Waals surface area contributed by atoms with Crippen LogP contribution in [0.1, 0.15) is 0 Å². The summed E-state index contributed by atoms with van der Waals surface area (Å²) in [7, 11) is -4.64. The van der Waals surface area contributed by atoms with E-state index in [2.05, 4.69) is 0 Å². The molecule has 0 heterocycles. The van der Waals surface area contributed by atoms with Gasteiger partial charge in [0.15, 0.2) is 0 Å². The Morgan fingerprint density at radius 2 is 1.14 bits per heavy atom. The van der Waals surface area contributed by atoms with Gasteiger partial charge in [-0.05, 0) is 0 Å². The molecular weight excluding hydrogens is 226 g/mol. The number of hydrogen-bond donors (Lipinski definition) is 3. The van der Waals surface area contributed by atoms with Gasteiger partial charge in [-0.15, -0.1) is 0 Å². The van der Waals surface area contributed by atoms with Gasteiger partial charge in [-0.1, -0.05) is 0 Å². The van der Waals surface area contributed by atoms with Crippen LogP contribution in [-0.4, -0.2) is 39.1 Å². The van der Waals surface area contributed by atoms with E-state index in [1.165, 1.54) is 0 Å². The molecule has 0 aliphatic rings. The van der Waals surface area contributed by atoms with Crippen LogP contribution >= 0.6 is 7.82 Å². The van der Waals surface area contributed by atoms with Crippen LogP contribution in [-0.2, 0) is 7.42 Å². The maximum absolute atomic E-state index is 8.88. The zero-order valence-corrected chi connectivity index (χ0v) is 8.24. The summed E-state index contributed by atoms with van der Waals surface area (Å²) < 4.78 is 17.3. The van der Waals surface area contributed by atoms with Gasteiger partial charge in [-0.3, -0.25) is 0 Å². The van der Waals surface area contributed by atoms with Crippen LogP contribution in [0, 0.1) is 0 Å². The van der Waals surface area contributed by atoms with Gasteiger partial charge >= 0.3 is 35.1 Å². The monoisotopic (exact) mass is 230 g/mol. The van der Waals surface area contributed by atoms with E-state index in [1.807, 2.05) is 0 Å². The molecule has 0 aliphatic carbocycles. The molecule has 5 nitrogen and oxygen atoms in total. The summed E-state index contributed by atoms with van der Waals surface area (Å²) in [6.45, 7) is 0. The molecule has 0 saturated heterocycles. The van der Waals surface area contributed by atoms with Gasteiger partial charge in [-0.2, -0.15) is 0 Å². The van der Waals surface area contributed by atoms with Crippen molar-refractivity contribution in [1.29, 1.82) is 0 Å². The Bertz CT molecular complexity index is 63.9. The minimum atomic E-state index is -4.64. The first-order valence-electron chi connectivity index (χ1n) is 1.07. The van der Waals surface area contributed by atoms with E-state index in [-0.39, 0.29) is 24.4 Å². The summed E-state index contributed by atoms with van der Waals surface area (Å²) in [4.78, 5) is 21.6. The first-order chi connectivity index (χ1) is 3.00. The molecule has 0 aromatic carbocycles. The van der Waals surface area contributed by atoms with Crippen molar-refractivity contribution >= 4 is 32.2 Å². The number of hydrogen-bond acceptors (Lipinski definition) is 2. The van der Waals surface area contributed by atoms with Crippen molar-refractivity contribution < 1.29 is 22.1 Å². The van der Waals surface area contributed by atoms with Gasteiger partial charge in [0.2, 0.25) is 0 Å². The third kappa shape index (κ3) is 255. The number of rotatable bonds is 0. The Kier molecular flexibility index (Phi) is 7.54. The summed E-state index contributed by atoms with van der Waals surface area (Å²) in [6, 6.07) is 0. The Morgan fingerprint density at radius 1 is 1.14 bits per heavy atom. The molecule has 3 N–H and O–H groups in total. The van der Waals surface area contributed by atoms with E-state index in [0.29, 0.717) is 0 Å². The van der Waals surface area contributed by atoms with E-state index in [4.69, 9.17) is 22.1 Å². The molecule has 42 valence electrons. The zero-order valence-electron chi connectivity index (χ0n) is 3.31. The standard InChI is InChI=1S/In.H3O4P.O.H/c;1-5(2,3)4;;/h;(H3,1,2,3,4);;. The van der Waals surface area contributed by atoms with Crippen molar-refractivity contribution in [2.75, 3.05) is 0 Å². The van der Waals surface area contributed by atoms with Gasteiger partial charge in [0.25, 0.3) is 0 Å². The third-order valence-electron chi connectivity index (χ3n) is 0. The second-order valence-electron chi connectivity index (χ2n) is 0.513. The van der Waals surface area contributed by atoms with Gasteiger partial charge in [0.05, 0.1) is 0 Å². The quantitative estimate of drug-likeness (QED) is 0.431. The van der Waals surface area contributed by atoms with E-state index < -0.39 is 7.82 Å². The Morgan fingerprint density at radius 3 is 1.14 bits per heavy atom. The fourth-order valence-corrected chi connectivity index (χ4v) is 0. The molecule has 7 heteroatoms. The van der Waals surface area contributed by atoms with Crippen molar-refractivity contribution in [3.63, 3.8) is 0 Å². The summed E-state index contributed by atoms with van der Waals surface area (Å²) in [6.07, 6.45) is 0. The van der Waals surface area contributed by atoms with Gasteiger partial charge < -0.3 is 14.7 Å². The van der Waals surface area contributed by atoms with Crippen LogP contribution in [0.25, 0.3) is 0 Å². The second kappa shape index (κ2) is 4.93. The van der Waals surface area contributed by atoms with Crippen LogP contribution in [0.4, 0.5) is 0 Å². The van der Waals surface area contributed by atoms with Crippen molar-refractivity contribution in [1.82, 2.24) is 0 Å². The Hall–Kier alpha value is 0.780. The molecule has 0 atom stereocenters. The molecule has 0 aromatic heterocycles. The molecule has 7 heavy (non-hydrogen) atoms. The fourth-order valence-electron chi connectivity index (χ4n) is 0. The van der Waals surface area contributed by atoms with Crippen molar-refractivity contribution in [2.24, 2.45) is 0 Å². The average Bonchev–Trinajstić information content (AvgIpc) is 1.36. The van der Waals surface area contributed by atoms with Crippen LogP contribution in [0.5, 0.6) is 0 Å². The molecule has 0 bridgehead atoms. The zero-order chi connectivity index (χ0) is 6.50. The molecule has 0 aliphatic heterocycles. The SMILES string of the molecule is O=P(O)(O)O.[O]=[InH]. The fraction of sp³-hybridized carbons (Fsp3) is 0. The molecule has 0 saturated carbocycles. The molecular formula is H4InO5P. The van der Waals surface area contributed by atoms with Gasteiger partial charge in [0.1, 0.15) is 0 Å². The minimum absolute atomic E-state index is 0.1000. The number of phosphoric acid groups is 1. The Balaban J connectivity index is 0. The van der Waals surface area contributed by atoms with Crippen molar-refractivity contribution in [3.8, 4) is 0 Å². The van der Waals surface area contributed by atoms with Crippen LogP contribution in [0.15, 0.2) is 0 Å². The first kappa shape index (κ1) is 10.7. The van der Waals surface area contributed by atoms with Crippen LogP contribution in [0.2, 0.25) is 0 Å². The molecule has 0 aromatic rings. The maximum atomic E-state index is 8.88. The summed E-state index contributed by atoms with van der Waals surface area (Å²) >= 11 is -0.1000. The summed E-state index contributed by atoms with van der Waals surface area (Å²) in [5.41, 5.74) is 0. The van der Waals surface area contributed by atoms with Crippen molar-refractivity contribution in [3.05, 3.63) is 0 Å². The van der Waals surface area contributed by atoms with Crippen LogP contribution in [0.3, 0.4) is 0 Å². The normalized spacial score (nSPS) is 8.86. The summed E-state index contributed by atoms with van der Waals surface area (Å²) in [5.74, 6) is 0. The molecule has 0 unspecified atom stereocenters. The Labute approximate surface area is 54.6 Å². The van der Waals surface area contributed by atoms with Crippen LogP contribution < -0.4 is 0 Å².